The van der Waals surface area contributed by atoms with Crippen molar-refractivity contribution in [3.8, 4) is 0 Å². The van der Waals surface area contributed by atoms with Crippen molar-refractivity contribution in [1.29, 1.82) is 0 Å². The molecule has 0 aliphatic heterocycles. The normalized spacial score (nSPS) is 10.7. The number of rotatable bonds is 4. The molecule has 1 aromatic heterocycles. The minimum Gasteiger partial charge on any atom is -0.359 e. The fourth-order valence-corrected chi connectivity index (χ4v) is 1.03. The predicted molar refractivity (Wildman–Crippen MR) is 50.3 cm³/mol. The molecule has 1 aromatic rings. The minimum absolute atomic E-state index is 0.928. The van der Waals surface area contributed by atoms with Gasteiger partial charge >= 0.3 is 0 Å². The highest BCUT2D eigenvalue weighted by Crippen LogP contribution is 2.01. The van der Waals surface area contributed by atoms with Gasteiger partial charge in [-0.05, 0) is 14.1 Å². The third-order valence-corrected chi connectivity index (χ3v) is 1.73. The summed E-state index contributed by atoms with van der Waals surface area (Å²) in [6.07, 6.45) is 3.79. The van der Waals surface area contributed by atoms with Gasteiger partial charge in [0.1, 0.15) is 0 Å². The van der Waals surface area contributed by atoms with Crippen LogP contribution in [0.5, 0.6) is 0 Å². The van der Waals surface area contributed by atoms with Crippen LogP contribution in [0.2, 0.25) is 0 Å². The smallest absolute Gasteiger partial charge is 0.202 e. The van der Waals surface area contributed by atoms with E-state index in [0.717, 1.165) is 19.0 Å². The highest BCUT2D eigenvalue weighted by molar-refractivity contribution is 5.23. The van der Waals surface area contributed by atoms with Gasteiger partial charge in [-0.2, -0.15) is 0 Å². The second-order valence-electron chi connectivity index (χ2n) is 3.00. The second kappa shape index (κ2) is 4.11. The molecule has 0 saturated heterocycles. The standard InChI is InChI=1S/C8H16N4/c1-9-8-10-4-5-12(8)7-6-11(2)3/h4-5H,6-7H2,1-3H3,(H,9,10). The van der Waals surface area contributed by atoms with Crippen molar-refractivity contribution < 1.29 is 0 Å². The Morgan fingerprint density at radius 2 is 2.33 bits per heavy atom. The van der Waals surface area contributed by atoms with E-state index >= 15 is 0 Å². The molecule has 0 aromatic carbocycles. The number of nitrogens with zero attached hydrogens (tertiary/aromatic N) is 3. The van der Waals surface area contributed by atoms with Crippen LogP contribution in [0.25, 0.3) is 0 Å². The molecule has 0 atom stereocenters. The fraction of sp³-hybridized carbons (Fsp3) is 0.625. The molecule has 0 amide bonds. The highest BCUT2D eigenvalue weighted by Gasteiger charge is 1.98. The van der Waals surface area contributed by atoms with Crippen molar-refractivity contribution in [3.05, 3.63) is 12.4 Å². The summed E-state index contributed by atoms with van der Waals surface area (Å²) in [5, 5.41) is 3.03. The maximum Gasteiger partial charge on any atom is 0.202 e. The van der Waals surface area contributed by atoms with Gasteiger partial charge in [0.2, 0.25) is 5.95 Å². The largest absolute Gasteiger partial charge is 0.359 e. The molecule has 0 radical (unpaired) electrons. The van der Waals surface area contributed by atoms with Crippen LogP contribution in [0.1, 0.15) is 0 Å². The van der Waals surface area contributed by atoms with Crippen LogP contribution >= 0.6 is 0 Å². The number of aromatic nitrogens is 2. The number of nitrogens with one attached hydrogen (secondary N) is 1. The summed E-state index contributed by atoms with van der Waals surface area (Å²) in [4.78, 5) is 6.30. The molecule has 4 nitrogen and oxygen atoms in total. The third kappa shape index (κ3) is 2.23. The summed E-state index contributed by atoms with van der Waals surface area (Å²) in [6.45, 7) is 2.01. The second-order valence-corrected chi connectivity index (χ2v) is 3.00. The SMILES string of the molecule is CNc1nccn1CCN(C)C. The van der Waals surface area contributed by atoms with Gasteiger partial charge in [0.05, 0.1) is 0 Å². The minimum atomic E-state index is 0.928. The van der Waals surface area contributed by atoms with Gasteiger partial charge in [-0.15, -0.1) is 0 Å². The van der Waals surface area contributed by atoms with Crippen LogP contribution in [-0.2, 0) is 6.54 Å². The van der Waals surface area contributed by atoms with Gasteiger partial charge < -0.3 is 14.8 Å². The third-order valence-electron chi connectivity index (χ3n) is 1.73. The van der Waals surface area contributed by atoms with E-state index in [2.05, 4.69) is 33.9 Å². The molecule has 0 unspecified atom stereocenters. The van der Waals surface area contributed by atoms with Gasteiger partial charge in [0.25, 0.3) is 0 Å². The number of likely N-dealkylation sites (N-methyl/N-ethyl adjacent to an activating group) is 1. The Morgan fingerprint density at radius 3 is 2.92 bits per heavy atom. The molecule has 0 spiro atoms. The Bertz CT molecular complexity index is 229. The quantitative estimate of drug-likeness (QED) is 0.710. The van der Waals surface area contributed by atoms with E-state index in [1.54, 1.807) is 0 Å². The number of hydrogen-bond donors (Lipinski definition) is 1. The first-order valence-electron chi connectivity index (χ1n) is 4.07. The Balaban J connectivity index is 2.50. The average molecular weight is 168 g/mol. The van der Waals surface area contributed by atoms with Crippen molar-refractivity contribution in [3.63, 3.8) is 0 Å². The molecule has 0 aliphatic carbocycles. The monoisotopic (exact) mass is 168 g/mol. The zero-order valence-corrected chi connectivity index (χ0v) is 7.91. The maximum atomic E-state index is 4.15. The van der Waals surface area contributed by atoms with Gasteiger partial charge in [0, 0.05) is 32.5 Å². The number of anilines is 1. The van der Waals surface area contributed by atoms with Crippen molar-refractivity contribution in [2.24, 2.45) is 0 Å². The topological polar surface area (TPSA) is 33.1 Å². The van der Waals surface area contributed by atoms with Crippen LogP contribution < -0.4 is 5.32 Å². The molecule has 1 rings (SSSR count). The lowest BCUT2D eigenvalue weighted by atomic mass is 10.5. The van der Waals surface area contributed by atoms with E-state index in [1.165, 1.54) is 0 Å². The zero-order chi connectivity index (χ0) is 8.97. The van der Waals surface area contributed by atoms with Crippen molar-refractivity contribution in [2.45, 2.75) is 6.54 Å². The molecule has 0 aliphatic rings. The van der Waals surface area contributed by atoms with Gasteiger partial charge in [-0.3, -0.25) is 0 Å². The molecule has 0 bridgehead atoms. The molecule has 4 heteroatoms. The van der Waals surface area contributed by atoms with Crippen LogP contribution in [0.15, 0.2) is 12.4 Å². The summed E-state index contributed by atoms with van der Waals surface area (Å²) in [6, 6.07) is 0. The lowest BCUT2D eigenvalue weighted by Gasteiger charge is -2.11. The maximum absolute atomic E-state index is 4.15. The first-order valence-corrected chi connectivity index (χ1v) is 4.07. The fourth-order valence-electron chi connectivity index (χ4n) is 1.03. The molecule has 1 N–H and O–H groups in total. The summed E-state index contributed by atoms with van der Waals surface area (Å²) in [5.41, 5.74) is 0. The Labute approximate surface area is 73.2 Å². The van der Waals surface area contributed by atoms with Gasteiger partial charge in [-0.1, -0.05) is 0 Å². The lowest BCUT2D eigenvalue weighted by Crippen LogP contribution is -2.18. The van der Waals surface area contributed by atoms with Crippen LogP contribution in [0.3, 0.4) is 0 Å². The summed E-state index contributed by atoms with van der Waals surface area (Å²) in [5.74, 6) is 0.928. The predicted octanol–water partition coefficient (Wildman–Crippen LogP) is 0.486. The Hall–Kier alpha value is -1.03. The number of hydrogen-bond acceptors (Lipinski definition) is 3. The first-order chi connectivity index (χ1) is 5.74. The van der Waals surface area contributed by atoms with Crippen LogP contribution in [0, 0.1) is 0 Å². The summed E-state index contributed by atoms with van der Waals surface area (Å²) in [7, 11) is 6.01. The summed E-state index contributed by atoms with van der Waals surface area (Å²) >= 11 is 0. The van der Waals surface area contributed by atoms with E-state index < -0.39 is 0 Å². The van der Waals surface area contributed by atoms with Crippen LogP contribution in [-0.4, -0.2) is 42.1 Å². The molecule has 12 heavy (non-hydrogen) atoms. The molecular formula is C8H16N4. The number of imidazole rings is 1. The lowest BCUT2D eigenvalue weighted by molar-refractivity contribution is 0.385. The van der Waals surface area contributed by atoms with E-state index in [9.17, 15) is 0 Å². The van der Waals surface area contributed by atoms with Gasteiger partial charge in [0.15, 0.2) is 0 Å². The van der Waals surface area contributed by atoms with Crippen LogP contribution in [0.4, 0.5) is 5.95 Å². The highest BCUT2D eigenvalue weighted by atomic mass is 15.2. The average Bonchev–Trinajstić information content (AvgIpc) is 2.47. The Kier molecular flexibility index (Phi) is 3.10. The summed E-state index contributed by atoms with van der Waals surface area (Å²) < 4.78 is 2.10. The van der Waals surface area contributed by atoms with E-state index in [1.807, 2.05) is 19.4 Å². The van der Waals surface area contributed by atoms with E-state index in [-0.39, 0.29) is 0 Å². The van der Waals surface area contributed by atoms with E-state index in [0.29, 0.717) is 0 Å². The molecule has 0 saturated carbocycles. The Morgan fingerprint density at radius 1 is 1.58 bits per heavy atom. The molecular weight excluding hydrogens is 152 g/mol. The first kappa shape index (κ1) is 9.06. The van der Waals surface area contributed by atoms with Crippen molar-refractivity contribution in [1.82, 2.24) is 14.5 Å². The van der Waals surface area contributed by atoms with Crippen molar-refractivity contribution >= 4 is 5.95 Å². The van der Waals surface area contributed by atoms with Gasteiger partial charge in [-0.25, -0.2) is 4.98 Å². The molecule has 1 heterocycles. The zero-order valence-electron chi connectivity index (χ0n) is 7.91. The molecule has 68 valence electrons. The van der Waals surface area contributed by atoms with Crippen molar-refractivity contribution in [2.75, 3.05) is 33.0 Å². The van der Waals surface area contributed by atoms with E-state index in [4.69, 9.17) is 0 Å². The molecule has 0 fully saturated rings.